The molecule has 1 N–H and O–H groups in total. The molecule has 1 aromatic carbocycles. The number of nitrogens with zero attached hydrogens (tertiary/aromatic N) is 1. The molecule has 5 nitrogen and oxygen atoms in total. The molecular formula is C20H26N2O3. The first-order valence-corrected chi connectivity index (χ1v) is 9.02. The minimum Gasteiger partial charge on any atom is -0.441 e. The van der Waals surface area contributed by atoms with Crippen molar-refractivity contribution in [2.45, 2.75) is 39.2 Å². The highest BCUT2D eigenvalue weighted by Gasteiger charge is 2.30. The van der Waals surface area contributed by atoms with E-state index in [2.05, 4.69) is 24.1 Å². The molecule has 2 heterocycles. The van der Waals surface area contributed by atoms with Gasteiger partial charge in [0.15, 0.2) is 11.7 Å². The molecule has 5 heteroatoms. The van der Waals surface area contributed by atoms with Gasteiger partial charge in [0, 0.05) is 37.5 Å². The summed E-state index contributed by atoms with van der Waals surface area (Å²) >= 11 is 0. The van der Waals surface area contributed by atoms with E-state index in [0.29, 0.717) is 37.1 Å². The second kappa shape index (κ2) is 8.30. The highest BCUT2D eigenvalue weighted by atomic mass is 16.5. The van der Waals surface area contributed by atoms with E-state index >= 15 is 0 Å². The standard InChI is InChI=1S/C20H26N2O3/c1-14(2)20-16(10-11-24-20)12-21-18(23)8-9-19-22-13-17(25-19)15-6-4-3-5-7-15/h3-7,13-14,16,20H,8-12H2,1-2H3,(H,21,23)/t16-,20-/m1/s1. The van der Waals surface area contributed by atoms with Gasteiger partial charge in [-0.1, -0.05) is 44.2 Å². The van der Waals surface area contributed by atoms with Crippen molar-refractivity contribution in [3.8, 4) is 11.3 Å². The number of benzene rings is 1. The van der Waals surface area contributed by atoms with Gasteiger partial charge in [-0.2, -0.15) is 0 Å². The molecule has 1 aliphatic rings. The number of ether oxygens (including phenoxy) is 1. The Morgan fingerprint density at radius 3 is 2.88 bits per heavy atom. The number of aryl methyl sites for hydroxylation is 1. The van der Waals surface area contributed by atoms with E-state index in [1.54, 1.807) is 6.20 Å². The maximum atomic E-state index is 12.1. The summed E-state index contributed by atoms with van der Waals surface area (Å²) in [6.45, 7) is 5.81. The highest BCUT2D eigenvalue weighted by Crippen LogP contribution is 2.26. The molecular weight excluding hydrogens is 316 g/mol. The molecule has 0 aliphatic carbocycles. The molecule has 1 amide bonds. The molecule has 1 aliphatic heterocycles. The van der Waals surface area contributed by atoms with E-state index in [4.69, 9.17) is 9.15 Å². The number of nitrogens with one attached hydrogen (secondary N) is 1. The molecule has 134 valence electrons. The van der Waals surface area contributed by atoms with E-state index < -0.39 is 0 Å². The number of rotatable bonds is 7. The fraction of sp³-hybridized carbons (Fsp3) is 0.500. The van der Waals surface area contributed by atoms with Crippen LogP contribution < -0.4 is 5.32 Å². The third kappa shape index (κ3) is 4.69. The predicted molar refractivity (Wildman–Crippen MR) is 96.0 cm³/mol. The molecule has 0 bridgehead atoms. The van der Waals surface area contributed by atoms with Gasteiger partial charge < -0.3 is 14.5 Å². The topological polar surface area (TPSA) is 64.4 Å². The Hall–Kier alpha value is -2.14. The highest BCUT2D eigenvalue weighted by molar-refractivity contribution is 5.76. The van der Waals surface area contributed by atoms with Gasteiger partial charge in [-0.3, -0.25) is 4.79 Å². The second-order valence-electron chi connectivity index (χ2n) is 6.92. The average Bonchev–Trinajstić information content (AvgIpc) is 3.28. The Morgan fingerprint density at radius 1 is 1.32 bits per heavy atom. The average molecular weight is 342 g/mol. The summed E-state index contributed by atoms with van der Waals surface area (Å²) in [6, 6.07) is 9.84. The largest absolute Gasteiger partial charge is 0.441 e. The lowest BCUT2D eigenvalue weighted by atomic mass is 9.93. The van der Waals surface area contributed by atoms with Crippen LogP contribution in [0.1, 0.15) is 32.6 Å². The van der Waals surface area contributed by atoms with Gasteiger partial charge in [0.25, 0.3) is 0 Å². The number of oxazole rings is 1. The molecule has 2 aromatic rings. The van der Waals surface area contributed by atoms with Crippen molar-refractivity contribution in [1.82, 2.24) is 10.3 Å². The molecule has 1 saturated heterocycles. The van der Waals surface area contributed by atoms with E-state index in [0.717, 1.165) is 24.4 Å². The van der Waals surface area contributed by atoms with Crippen LogP contribution in [0.5, 0.6) is 0 Å². The molecule has 25 heavy (non-hydrogen) atoms. The summed E-state index contributed by atoms with van der Waals surface area (Å²) in [4.78, 5) is 16.4. The van der Waals surface area contributed by atoms with Gasteiger partial charge in [0.05, 0.1) is 12.3 Å². The van der Waals surface area contributed by atoms with Gasteiger partial charge in [0.2, 0.25) is 5.91 Å². The summed E-state index contributed by atoms with van der Waals surface area (Å²) in [5, 5.41) is 3.03. The van der Waals surface area contributed by atoms with Crippen molar-refractivity contribution in [2.24, 2.45) is 11.8 Å². The minimum absolute atomic E-state index is 0.0360. The summed E-state index contributed by atoms with van der Waals surface area (Å²) in [7, 11) is 0. The maximum Gasteiger partial charge on any atom is 0.220 e. The van der Waals surface area contributed by atoms with Gasteiger partial charge in [-0.05, 0) is 12.3 Å². The predicted octanol–water partition coefficient (Wildman–Crippen LogP) is 3.45. The third-order valence-electron chi connectivity index (χ3n) is 4.66. The zero-order valence-corrected chi connectivity index (χ0v) is 14.9. The molecule has 0 unspecified atom stereocenters. The van der Waals surface area contributed by atoms with Crippen molar-refractivity contribution in [3.63, 3.8) is 0 Å². The number of hydrogen-bond acceptors (Lipinski definition) is 4. The maximum absolute atomic E-state index is 12.1. The fourth-order valence-corrected chi connectivity index (χ4v) is 3.33. The lowest BCUT2D eigenvalue weighted by Crippen LogP contribution is -2.35. The molecule has 3 rings (SSSR count). The minimum atomic E-state index is 0.0360. The smallest absolute Gasteiger partial charge is 0.220 e. The van der Waals surface area contributed by atoms with Crippen molar-refractivity contribution in [2.75, 3.05) is 13.2 Å². The summed E-state index contributed by atoms with van der Waals surface area (Å²) < 4.78 is 11.5. The van der Waals surface area contributed by atoms with Crippen LogP contribution >= 0.6 is 0 Å². The summed E-state index contributed by atoms with van der Waals surface area (Å²) in [5.74, 6) is 2.26. The van der Waals surface area contributed by atoms with E-state index in [-0.39, 0.29) is 12.0 Å². The lowest BCUT2D eigenvalue weighted by molar-refractivity contribution is -0.121. The normalized spacial score (nSPS) is 20.1. The van der Waals surface area contributed by atoms with Crippen LogP contribution in [0, 0.1) is 11.8 Å². The Balaban J connectivity index is 1.44. The number of carbonyl (C=O) groups excluding carboxylic acids is 1. The third-order valence-corrected chi connectivity index (χ3v) is 4.66. The van der Waals surface area contributed by atoms with Crippen LogP contribution in [-0.4, -0.2) is 30.1 Å². The Morgan fingerprint density at radius 2 is 2.12 bits per heavy atom. The first-order valence-electron chi connectivity index (χ1n) is 9.02. The summed E-state index contributed by atoms with van der Waals surface area (Å²) in [6.07, 6.45) is 3.87. The van der Waals surface area contributed by atoms with Gasteiger partial charge >= 0.3 is 0 Å². The van der Waals surface area contributed by atoms with Crippen molar-refractivity contribution < 1.29 is 13.9 Å². The van der Waals surface area contributed by atoms with Crippen LogP contribution in [0.4, 0.5) is 0 Å². The van der Waals surface area contributed by atoms with Crippen LogP contribution in [0.2, 0.25) is 0 Å². The number of aromatic nitrogens is 1. The molecule has 2 atom stereocenters. The molecule has 1 fully saturated rings. The fourth-order valence-electron chi connectivity index (χ4n) is 3.33. The van der Waals surface area contributed by atoms with Gasteiger partial charge in [-0.15, -0.1) is 0 Å². The van der Waals surface area contributed by atoms with Gasteiger partial charge in [0.1, 0.15) is 0 Å². The van der Waals surface area contributed by atoms with Crippen LogP contribution in [0.3, 0.4) is 0 Å². The zero-order chi connectivity index (χ0) is 17.6. The van der Waals surface area contributed by atoms with E-state index in [1.807, 2.05) is 30.3 Å². The monoisotopic (exact) mass is 342 g/mol. The molecule has 0 saturated carbocycles. The van der Waals surface area contributed by atoms with Crippen LogP contribution in [-0.2, 0) is 16.0 Å². The van der Waals surface area contributed by atoms with Crippen LogP contribution in [0.25, 0.3) is 11.3 Å². The summed E-state index contributed by atoms with van der Waals surface area (Å²) in [5.41, 5.74) is 0.992. The quantitative estimate of drug-likeness (QED) is 0.837. The number of hydrogen-bond donors (Lipinski definition) is 1. The first kappa shape index (κ1) is 17.7. The van der Waals surface area contributed by atoms with E-state index in [1.165, 1.54) is 0 Å². The number of carbonyl (C=O) groups is 1. The second-order valence-corrected chi connectivity index (χ2v) is 6.92. The number of amides is 1. The Kier molecular flexibility index (Phi) is 5.87. The molecule has 1 aromatic heterocycles. The Bertz CT molecular complexity index is 681. The zero-order valence-electron chi connectivity index (χ0n) is 14.9. The first-order chi connectivity index (χ1) is 12.1. The van der Waals surface area contributed by atoms with Crippen molar-refractivity contribution in [1.29, 1.82) is 0 Å². The van der Waals surface area contributed by atoms with Crippen LogP contribution in [0.15, 0.2) is 40.9 Å². The van der Waals surface area contributed by atoms with Crippen molar-refractivity contribution in [3.05, 3.63) is 42.4 Å². The van der Waals surface area contributed by atoms with Gasteiger partial charge in [-0.25, -0.2) is 4.98 Å². The Labute approximate surface area is 148 Å². The molecule has 0 radical (unpaired) electrons. The SMILES string of the molecule is CC(C)[C@H]1OCC[C@@H]1CNC(=O)CCc1ncc(-c2ccccc2)o1. The van der Waals surface area contributed by atoms with E-state index in [9.17, 15) is 4.79 Å². The van der Waals surface area contributed by atoms with Crippen molar-refractivity contribution >= 4 is 5.91 Å². The molecule has 0 spiro atoms. The lowest BCUT2D eigenvalue weighted by Gasteiger charge is -2.22.